The summed E-state index contributed by atoms with van der Waals surface area (Å²) < 4.78 is 26.0. The summed E-state index contributed by atoms with van der Waals surface area (Å²) in [7, 11) is 1.65. The first-order chi connectivity index (χ1) is 20.5. The van der Waals surface area contributed by atoms with Crippen molar-refractivity contribution in [1.29, 1.82) is 0 Å². The van der Waals surface area contributed by atoms with Gasteiger partial charge in [0.25, 0.3) is 0 Å². The largest absolute Gasteiger partial charge is 3.00 e. The molecular weight excluding hydrogens is 729 g/mol. The first-order valence-corrected chi connectivity index (χ1v) is 12.7. The van der Waals surface area contributed by atoms with Gasteiger partial charge in [-0.05, 0) is 41.2 Å². The van der Waals surface area contributed by atoms with Crippen molar-refractivity contribution in [1.82, 2.24) is 30.0 Å². The van der Waals surface area contributed by atoms with Crippen LogP contribution in [0.1, 0.15) is 5.56 Å². The van der Waals surface area contributed by atoms with Crippen molar-refractivity contribution < 1.29 is 34.0 Å². The average molecular weight is 751 g/mol. The molecule has 2 heterocycles. The SMILES string of the molecule is CN=Cc1ccccc1[O-].Fc1[c-]c(-n2nc3ccccc3n2)ccc1.Fc1[c-]c(-n2nc3ccccc3n2)ccc1.[Ir+3]. The van der Waals surface area contributed by atoms with E-state index in [0.717, 1.165) is 22.1 Å². The third-order valence-corrected chi connectivity index (χ3v) is 5.68. The second kappa shape index (κ2) is 14.7. The number of hydrogen-bond acceptors (Lipinski definition) is 6. The van der Waals surface area contributed by atoms with Gasteiger partial charge in [-0.3, -0.25) is 4.99 Å². The molecule has 0 aliphatic carbocycles. The van der Waals surface area contributed by atoms with Crippen molar-refractivity contribution in [3.63, 3.8) is 0 Å². The van der Waals surface area contributed by atoms with Crippen LogP contribution in [0.5, 0.6) is 5.75 Å². The Morgan fingerprint density at radius 1 is 0.605 bits per heavy atom. The summed E-state index contributed by atoms with van der Waals surface area (Å²) in [6, 6.07) is 36.2. The molecule has 0 N–H and O–H groups in total. The van der Waals surface area contributed by atoms with Crippen LogP contribution in [0.15, 0.2) is 114 Å². The van der Waals surface area contributed by atoms with Crippen LogP contribution in [0, 0.1) is 23.8 Å². The molecule has 0 spiro atoms. The minimum Gasteiger partial charge on any atom is -0.872 e. The predicted octanol–water partition coefficient (Wildman–Crippen LogP) is 5.53. The fourth-order valence-corrected chi connectivity index (χ4v) is 3.75. The van der Waals surface area contributed by atoms with E-state index in [1.165, 1.54) is 27.8 Å². The number of fused-ring (bicyclic) bond motifs is 2. The molecule has 0 amide bonds. The number of benzene rings is 5. The molecule has 11 heteroatoms. The van der Waals surface area contributed by atoms with E-state index in [2.05, 4.69) is 37.5 Å². The fraction of sp³-hybridized carbons (Fsp3) is 0.0312. The molecule has 8 nitrogen and oxygen atoms in total. The van der Waals surface area contributed by atoms with E-state index in [1.54, 1.807) is 49.7 Å². The molecule has 5 aromatic carbocycles. The zero-order chi connectivity index (χ0) is 29.3. The summed E-state index contributed by atoms with van der Waals surface area (Å²) in [4.78, 5) is 6.51. The smallest absolute Gasteiger partial charge is 0.872 e. The van der Waals surface area contributed by atoms with Gasteiger partial charge >= 0.3 is 20.1 Å². The van der Waals surface area contributed by atoms with Crippen LogP contribution in [0.4, 0.5) is 8.78 Å². The summed E-state index contributed by atoms with van der Waals surface area (Å²) in [5.74, 6) is -0.814. The zero-order valence-electron chi connectivity index (χ0n) is 22.6. The standard InChI is InChI=1S/2C12H7FN3.C8H9NO.Ir/c2*13-9-4-3-5-10(8-9)16-14-11-6-1-2-7-12(11)15-16;1-9-6-7-4-2-3-5-8(7)10;/h2*1-7H;2-6,10H,1H3;/q2*-1;;+3/p-1. The van der Waals surface area contributed by atoms with Crippen LogP contribution in [-0.2, 0) is 20.1 Å². The molecular formula is C32H22F2IrN7O. The topological polar surface area (TPSA) is 96.8 Å². The Morgan fingerprint density at radius 3 is 1.37 bits per heavy atom. The Kier molecular flexibility index (Phi) is 10.5. The number of aromatic nitrogens is 6. The molecule has 0 saturated heterocycles. The number of rotatable bonds is 3. The van der Waals surface area contributed by atoms with E-state index in [4.69, 9.17) is 0 Å². The maximum absolute atomic E-state index is 13.0. The normalized spacial score (nSPS) is 10.5. The Balaban J connectivity index is 0.000000151. The van der Waals surface area contributed by atoms with Gasteiger partial charge in [0.2, 0.25) is 0 Å². The van der Waals surface area contributed by atoms with Crippen molar-refractivity contribution in [2.45, 2.75) is 0 Å². The predicted molar refractivity (Wildman–Crippen MR) is 155 cm³/mol. The van der Waals surface area contributed by atoms with Crippen LogP contribution in [0.3, 0.4) is 0 Å². The summed E-state index contributed by atoms with van der Waals surface area (Å²) in [6.45, 7) is 0. The molecule has 214 valence electrons. The van der Waals surface area contributed by atoms with Crippen molar-refractivity contribution in [2.75, 3.05) is 7.05 Å². The van der Waals surface area contributed by atoms with E-state index < -0.39 is 11.6 Å². The number of para-hydroxylation sites is 1. The van der Waals surface area contributed by atoms with Gasteiger partial charge in [0.05, 0.1) is 0 Å². The molecule has 0 unspecified atom stereocenters. The first-order valence-electron chi connectivity index (χ1n) is 12.7. The third kappa shape index (κ3) is 8.00. The van der Waals surface area contributed by atoms with Crippen LogP contribution in [0.25, 0.3) is 33.4 Å². The van der Waals surface area contributed by atoms with E-state index in [1.807, 2.05) is 54.6 Å². The molecule has 7 rings (SSSR count). The van der Waals surface area contributed by atoms with Gasteiger partial charge in [-0.2, -0.15) is 42.1 Å². The molecule has 2 aromatic heterocycles. The number of hydrogen-bond donors (Lipinski definition) is 0. The monoisotopic (exact) mass is 751 g/mol. The summed E-state index contributed by atoms with van der Waals surface area (Å²) >= 11 is 0. The molecule has 0 radical (unpaired) electrons. The Labute approximate surface area is 259 Å². The second-order valence-electron chi connectivity index (χ2n) is 8.65. The van der Waals surface area contributed by atoms with Gasteiger partial charge < -0.3 is 5.11 Å². The number of nitrogens with zero attached hydrogens (tertiary/aromatic N) is 7. The average Bonchev–Trinajstić information content (AvgIpc) is 3.64. The van der Waals surface area contributed by atoms with Gasteiger partial charge in [-0.25, -0.2) is 8.78 Å². The molecule has 7 aromatic rings. The van der Waals surface area contributed by atoms with Gasteiger partial charge in [0.15, 0.2) is 0 Å². The Morgan fingerprint density at radius 2 is 1.00 bits per heavy atom. The molecule has 43 heavy (non-hydrogen) atoms. The van der Waals surface area contributed by atoms with Crippen LogP contribution in [0.2, 0.25) is 0 Å². The second-order valence-corrected chi connectivity index (χ2v) is 8.65. The van der Waals surface area contributed by atoms with Crippen molar-refractivity contribution in [3.8, 4) is 17.1 Å². The van der Waals surface area contributed by atoms with Gasteiger partial charge in [0.1, 0.15) is 22.1 Å². The minimum absolute atomic E-state index is 0. The van der Waals surface area contributed by atoms with Gasteiger partial charge in [-0.15, -0.1) is 42.1 Å². The maximum atomic E-state index is 13.0. The summed E-state index contributed by atoms with van der Waals surface area (Å²) in [6.07, 6.45) is 1.56. The molecule has 0 saturated carbocycles. The summed E-state index contributed by atoms with van der Waals surface area (Å²) in [5.41, 5.74) is 4.75. The number of halogens is 2. The van der Waals surface area contributed by atoms with E-state index in [9.17, 15) is 13.9 Å². The Bertz CT molecular complexity index is 1790. The van der Waals surface area contributed by atoms with Crippen LogP contribution in [-0.4, -0.2) is 43.3 Å². The van der Waals surface area contributed by atoms with E-state index >= 15 is 0 Å². The zero-order valence-corrected chi connectivity index (χ0v) is 25.0. The molecule has 0 atom stereocenters. The third-order valence-electron chi connectivity index (χ3n) is 5.68. The maximum Gasteiger partial charge on any atom is 3.00 e. The Hall–Kier alpha value is -5.12. The van der Waals surface area contributed by atoms with Crippen LogP contribution < -0.4 is 5.11 Å². The van der Waals surface area contributed by atoms with Crippen LogP contribution >= 0.6 is 0 Å². The molecule has 0 aliphatic rings. The van der Waals surface area contributed by atoms with Gasteiger partial charge in [0, 0.05) is 24.9 Å². The van der Waals surface area contributed by atoms with Gasteiger partial charge in [-0.1, -0.05) is 48.5 Å². The minimum atomic E-state index is -0.418. The van der Waals surface area contributed by atoms with Crippen molar-refractivity contribution in [3.05, 3.63) is 139 Å². The molecule has 0 fully saturated rings. The van der Waals surface area contributed by atoms with E-state index in [-0.39, 0.29) is 25.9 Å². The first kappa shape index (κ1) is 30.8. The quantitative estimate of drug-likeness (QED) is 0.175. The van der Waals surface area contributed by atoms with Crippen molar-refractivity contribution in [2.24, 2.45) is 4.99 Å². The fourth-order valence-electron chi connectivity index (χ4n) is 3.75. The van der Waals surface area contributed by atoms with E-state index in [0.29, 0.717) is 16.9 Å². The number of aliphatic imine (C=N–C) groups is 1. The van der Waals surface area contributed by atoms with Crippen molar-refractivity contribution >= 4 is 28.3 Å². The molecule has 0 aliphatic heterocycles. The summed E-state index contributed by atoms with van der Waals surface area (Å²) in [5, 5.41) is 27.8. The molecule has 0 bridgehead atoms.